The highest BCUT2D eigenvalue weighted by molar-refractivity contribution is 5.90. The molecule has 1 aliphatic carbocycles. The largest absolute Gasteiger partial charge is 0.573 e. The maximum Gasteiger partial charge on any atom is 0.573 e. The summed E-state index contributed by atoms with van der Waals surface area (Å²) in [4.78, 5) is 11.4. The van der Waals surface area contributed by atoms with Gasteiger partial charge in [0.2, 0.25) is 5.95 Å². The summed E-state index contributed by atoms with van der Waals surface area (Å²) < 4.78 is 42.3. The van der Waals surface area contributed by atoms with Crippen molar-refractivity contribution in [1.82, 2.24) is 15.3 Å². The van der Waals surface area contributed by atoms with Crippen LogP contribution in [0.2, 0.25) is 0 Å². The molecule has 0 saturated heterocycles. The molecule has 13 heteroatoms. The van der Waals surface area contributed by atoms with Crippen molar-refractivity contribution in [3.05, 3.63) is 48.0 Å². The standard InChI is InChI=1S/C24H29F3N6O.3ClH/c1-33(2)22-19-5-3-4-6-20(19)31-23(32-22)30-18-11-9-17(10-12-18)29-14-15-7-8-16(28)13-21(15)34-24(25,26)27;;;/h3-8,13,17-18,29H,9-12,14,28H2,1-2H3,(H,30,31,32);3*1H/t17-,18+;;;. The van der Waals surface area contributed by atoms with Crippen LogP contribution in [0.3, 0.4) is 0 Å². The number of nitrogens with zero attached hydrogens (tertiary/aromatic N) is 3. The molecule has 1 aromatic heterocycles. The SMILES string of the molecule is CN(C)c1nc(N[C@H]2CC[C@@H](NCc3ccc(N)cc3OC(F)(F)F)CC2)nc2ccccc12.Cl.Cl.Cl. The van der Waals surface area contributed by atoms with Crippen LogP contribution in [0.15, 0.2) is 42.5 Å². The lowest BCUT2D eigenvalue weighted by atomic mass is 9.91. The van der Waals surface area contributed by atoms with Crippen LogP contribution in [0.1, 0.15) is 31.2 Å². The third-order valence-electron chi connectivity index (χ3n) is 5.97. The molecule has 0 atom stereocenters. The highest BCUT2D eigenvalue weighted by atomic mass is 35.5. The molecule has 7 nitrogen and oxygen atoms in total. The zero-order valence-corrected chi connectivity index (χ0v) is 22.9. The molecule has 0 spiro atoms. The number of benzene rings is 2. The number of nitrogens with one attached hydrogen (secondary N) is 2. The number of nitrogens with two attached hydrogens (primary N) is 1. The Bertz CT molecular complexity index is 1140. The summed E-state index contributed by atoms with van der Waals surface area (Å²) in [7, 11) is 3.92. The Kier molecular flexibility index (Phi) is 12.3. The third kappa shape index (κ3) is 8.84. The summed E-state index contributed by atoms with van der Waals surface area (Å²) in [6.45, 7) is 0.272. The van der Waals surface area contributed by atoms with E-state index in [1.165, 1.54) is 6.07 Å². The van der Waals surface area contributed by atoms with Crippen molar-refractivity contribution in [2.75, 3.05) is 30.0 Å². The van der Waals surface area contributed by atoms with Gasteiger partial charge >= 0.3 is 6.36 Å². The number of ether oxygens (including phenoxy) is 1. The molecule has 0 amide bonds. The first-order chi connectivity index (χ1) is 16.2. The van der Waals surface area contributed by atoms with Gasteiger partial charge in [-0.3, -0.25) is 0 Å². The van der Waals surface area contributed by atoms with E-state index in [0.717, 1.165) is 42.4 Å². The number of hydrogen-bond donors (Lipinski definition) is 3. The summed E-state index contributed by atoms with van der Waals surface area (Å²) in [6, 6.07) is 12.7. The number of para-hydroxylation sites is 1. The van der Waals surface area contributed by atoms with Crippen LogP contribution in [0.4, 0.5) is 30.6 Å². The Hall–Kier alpha value is -2.40. The fourth-order valence-corrected chi connectivity index (χ4v) is 4.28. The number of aromatic nitrogens is 2. The second kappa shape index (κ2) is 13.9. The minimum Gasteiger partial charge on any atom is -0.405 e. The summed E-state index contributed by atoms with van der Waals surface area (Å²) in [5, 5.41) is 7.83. The number of anilines is 3. The first-order valence-corrected chi connectivity index (χ1v) is 11.3. The van der Waals surface area contributed by atoms with Crippen molar-refractivity contribution in [2.45, 2.75) is 50.7 Å². The van der Waals surface area contributed by atoms with Crippen LogP contribution in [0, 0.1) is 0 Å². The Morgan fingerprint density at radius 1 is 0.973 bits per heavy atom. The van der Waals surface area contributed by atoms with Crippen molar-refractivity contribution < 1.29 is 17.9 Å². The van der Waals surface area contributed by atoms with E-state index in [9.17, 15) is 13.2 Å². The van der Waals surface area contributed by atoms with E-state index in [1.807, 2.05) is 43.3 Å². The van der Waals surface area contributed by atoms with Crippen LogP contribution < -0.4 is 26.0 Å². The molecule has 0 aliphatic heterocycles. The molecule has 3 aromatic rings. The summed E-state index contributed by atoms with van der Waals surface area (Å²) in [5.74, 6) is 1.21. The lowest BCUT2D eigenvalue weighted by Gasteiger charge is -2.30. The fourth-order valence-electron chi connectivity index (χ4n) is 4.28. The Morgan fingerprint density at radius 2 is 1.62 bits per heavy atom. The Labute approximate surface area is 233 Å². The van der Waals surface area contributed by atoms with E-state index in [-0.39, 0.29) is 67.3 Å². The van der Waals surface area contributed by atoms with Gasteiger partial charge in [0.1, 0.15) is 11.6 Å². The van der Waals surface area contributed by atoms with Gasteiger partial charge in [0.05, 0.1) is 5.52 Å². The smallest absolute Gasteiger partial charge is 0.405 e. The molecular formula is C24H32Cl3F3N6O. The highest BCUT2D eigenvalue weighted by Crippen LogP contribution is 2.30. The van der Waals surface area contributed by atoms with Crippen LogP contribution in [-0.2, 0) is 6.54 Å². The van der Waals surface area contributed by atoms with E-state index in [2.05, 4.69) is 20.4 Å². The van der Waals surface area contributed by atoms with Crippen LogP contribution in [0.25, 0.3) is 10.9 Å². The molecule has 2 aromatic carbocycles. The van der Waals surface area contributed by atoms with Crippen molar-refractivity contribution in [1.29, 1.82) is 0 Å². The number of rotatable bonds is 7. The number of alkyl halides is 3. The zero-order valence-electron chi connectivity index (χ0n) is 20.4. The Morgan fingerprint density at radius 3 is 2.27 bits per heavy atom. The van der Waals surface area contributed by atoms with E-state index in [1.54, 1.807) is 12.1 Å². The van der Waals surface area contributed by atoms with E-state index in [0.29, 0.717) is 11.5 Å². The van der Waals surface area contributed by atoms with Gasteiger partial charge in [-0.25, -0.2) is 4.98 Å². The molecule has 1 aliphatic rings. The fraction of sp³-hybridized carbons (Fsp3) is 0.417. The topological polar surface area (TPSA) is 88.3 Å². The molecule has 0 radical (unpaired) electrons. The van der Waals surface area contributed by atoms with Crippen molar-refractivity contribution in [2.24, 2.45) is 0 Å². The molecule has 206 valence electrons. The van der Waals surface area contributed by atoms with E-state index in [4.69, 9.17) is 10.7 Å². The third-order valence-corrected chi connectivity index (χ3v) is 5.97. The molecule has 4 rings (SSSR count). The first-order valence-electron chi connectivity index (χ1n) is 11.3. The molecule has 37 heavy (non-hydrogen) atoms. The van der Waals surface area contributed by atoms with Gasteiger partial charge in [0.15, 0.2) is 0 Å². The second-order valence-corrected chi connectivity index (χ2v) is 8.77. The first kappa shape index (κ1) is 32.6. The molecule has 1 fully saturated rings. The van der Waals surface area contributed by atoms with Gasteiger partial charge in [-0.2, -0.15) is 4.98 Å². The normalized spacial score (nSPS) is 17.1. The summed E-state index contributed by atoms with van der Waals surface area (Å²) in [5.41, 5.74) is 7.17. The maximum absolute atomic E-state index is 12.7. The summed E-state index contributed by atoms with van der Waals surface area (Å²) in [6.07, 6.45) is -1.19. The molecule has 1 saturated carbocycles. The predicted molar refractivity (Wildman–Crippen MR) is 150 cm³/mol. The lowest BCUT2D eigenvalue weighted by molar-refractivity contribution is -0.274. The number of hydrogen-bond acceptors (Lipinski definition) is 7. The highest BCUT2D eigenvalue weighted by Gasteiger charge is 2.32. The van der Waals surface area contributed by atoms with Gasteiger partial charge < -0.3 is 26.0 Å². The number of halogens is 6. The number of fused-ring (bicyclic) bond motifs is 1. The average molecular weight is 584 g/mol. The molecule has 1 heterocycles. The van der Waals surface area contributed by atoms with Crippen molar-refractivity contribution in [3.8, 4) is 5.75 Å². The van der Waals surface area contributed by atoms with Gasteiger partial charge in [-0.15, -0.1) is 50.4 Å². The number of nitrogen functional groups attached to an aromatic ring is 1. The zero-order chi connectivity index (χ0) is 24.3. The summed E-state index contributed by atoms with van der Waals surface area (Å²) >= 11 is 0. The van der Waals surface area contributed by atoms with Crippen LogP contribution >= 0.6 is 37.2 Å². The van der Waals surface area contributed by atoms with Crippen molar-refractivity contribution >= 4 is 65.6 Å². The van der Waals surface area contributed by atoms with E-state index >= 15 is 0 Å². The monoisotopic (exact) mass is 582 g/mol. The van der Waals surface area contributed by atoms with Gasteiger partial charge in [-0.1, -0.05) is 18.2 Å². The quantitative estimate of drug-likeness (QED) is 0.296. The van der Waals surface area contributed by atoms with Gasteiger partial charge in [0.25, 0.3) is 0 Å². The maximum atomic E-state index is 12.7. The second-order valence-electron chi connectivity index (χ2n) is 8.77. The molecule has 0 unspecified atom stereocenters. The van der Waals surface area contributed by atoms with E-state index < -0.39 is 6.36 Å². The van der Waals surface area contributed by atoms with Crippen LogP contribution in [-0.4, -0.2) is 42.5 Å². The molecule has 0 bridgehead atoms. The van der Waals surface area contributed by atoms with Gasteiger partial charge in [-0.05, 0) is 43.9 Å². The van der Waals surface area contributed by atoms with Crippen LogP contribution in [0.5, 0.6) is 5.75 Å². The Balaban J connectivity index is 0.00000228. The average Bonchev–Trinajstić information content (AvgIpc) is 2.78. The predicted octanol–water partition coefficient (Wildman–Crippen LogP) is 5.95. The minimum atomic E-state index is -4.76. The van der Waals surface area contributed by atoms with Gasteiger partial charge in [0, 0.05) is 55.4 Å². The van der Waals surface area contributed by atoms with Crippen molar-refractivity contribution in [3.63, 3.8) is 0 Å². The molecule has 4 N–H and O–H groups in total. The minimum absolute atomic E-state index is 0. The lowest BCUT2D eigenvalue weighted by Crippen LogP contribution is -2.37. The molecular weight excluding hydrogens is 552 g/mol.